The second-order valence-corrected chi connectivity index (χ2v) is 9.09. The summed E-state index contributed by atoms with van der Waals surface area (Å²) in [5.41, 5.74) is -1.70. The molecule has 0 radical (unpaired) electrons. The molecule has 1 aromatic rings. The zero-order valence-corrected chi connectivity index (χ0v) is 14.1. The largest absolute Gasteiger partial charge is 0.417 e. The van der Waals surface area contributed by atoms with Crippen LogP contribution in [-0.4, -0.2) is 27.5 Å². The van der Waals surface area contributed by atoms with Gasteiger partial charge in [0.05, 0.1) is 11.7 Å². The van der Waals surface area contributed by atoms with E-state index in [0.29, 0.717) is 12.1 Å². The lowest BCUT2D eigenvalue weighted by atomic mass is 10.2. The summed E-state index contributed by atoms with van der Waals surface area (Å²) in [7, 11) is -8.39. The van der Waals surface area contributed by atoms with Crippen molar-refractivity contribution in [2.24, 2.45) is 0 Å². The maximum Gasteiger partial charge on any atom is 0.417 e. The van der Waals surface area contributed by atoms with Crippen LogP contribution < -0.4 is 0 Å². The van der Waals surface area contributed by atoms with Gasteiger partial charge in [-0.3, -0.25) is 8.75 Å². The Morgan fingerprint density at radius 3 is 2.30 bits per heavy atom. The minimum Gasteiger partial charge on any atom is -0.324 e. The molecule has 0 aliphatic heterocycles. The Hall–Kier alpha value is -0.960. The van der Waals surface area contributed by atoms with Crippen LogP contribution in [0, 0.1) is 5.82 Å². The third-order valence-corrected chi connectivity index (χ3v) is 5.36. The van der Waals surface area contributed by atoms with E-state index in [0.717, 1.165) is 6.66 Å². The van der Waals surface area contributed by atoms with Crippen molar-refractivity contribution in [3.8, 4) is 0 Å². The third kappa shape index (κ3) is 5.87. The maximum atomic E-state index is 13.0. The van der Waals surface area contributed by atoms with Crippen LogP contribution in [-0.2, 0) is 29.6 Å². The highest BCUT2D eigenvalue weighted by atomic mass is 32.2. The molecule has 11 heteroatoms. The summed E-state index contributed by atoms with van der Waals surface area (Å²) in [6.07, 6.45) is -6.52. The van der Waals surface area contributed by atoms with E-state index in [-0.39, 0.29) is 6.07 Å². The molecule has 0 fully saturated rings. The number of halogens is 4. The van der Waals surface area contributed by atoms with Crippen LogP contribution in [0.4, 0.5) is 17.6 Å². The minimum atomic E-state index is -5.10. The smallest absolute Gasteiger partial charge is 0.324 e. The van der Waals surface area contributed by atoms with E-state index in [9.17, 15) is 30.5 Å². The van der Waals surface area contributed by atoms with E-state index >= 15 is 0 Å². The third-order valence-electron chi connectivity index (χ3n) is 2.39. The number of rotatable bonds is 6. The van der Waals surface area contributed by atoms with Gasteiger partial charge in [-0.1, -0.05) is 0 Å². The molecule has 23 heavy (non-hydrogen) atoms. The molecule has 1 aromatic carbocycles. The first-order valence-electron chi connectivity index (χ1n) is 6.26. The van der Waals surface area contributed by atoms with E-state index in [1.165, 1.54) is 0 Å². The Morgan fingerprint density at radius 1 is 1.26 bits per heavy atom. The summed E-state index contributed by atoms with van der Waals surface area (Å²) in [6.45, 7) is 4.19. The van der Waals surface area contributed by atoms with E-state index in [1.807, 2.05) is 0 Å². The number of hydrogen-bond acceptors (Lipinski definition) is 5. The van der Waals surface area contributed by atoms with Crippen LogP contribution in [0.2, 0.25) is 0 Å². The molecule has 132 valence electrons. The van der Waals surface area contributed by atoms with Crippen molar-refractivity contribution in [1.82, 2.24) is 0 Å². The van der Waals surface area contributed by atoms with Crippen LogP contribution in [0.15, 0.2) is 23.1 Å². The van der Waals surface area contributed by atoms with Gasteiger partial charge >= 0.3 is 6.18 Å². The summed E-state index contributed by atoms with van der Waals surface area (Å²) in [6, 6.07) is 1.05. The zero-order valence-electron chi connectivity index (χ0n) is 12.4. The van der Waals surface area contributed by atoms with Crippen LogP contribution in [0.1, 0.15) is 19.4 Å². The molecular weight excluding hydrogens is 363 g/mol. The van der Waals surface area contributed by atoms with Gasteiger partial charge in [0.1, 0.15) is 17.1 Å². The van der Waals surface area contributed by atoms with Gasteiger partial charge in [0.25, 0.3) is 10.1 Å². The first kappa shape index (κ1) is 20.1. The fraction of sp³-hybridized carbons (Fsp3) is 0.500. The Kier molecular flexibility index (Phi) is 6.01. The zero-order chi connectivity index (χ0) is 18.1. The predicted octanol–water partition coefficient (Wildman–Crippen LogP) is 3.84. The normalized spacial score (nSPS) is 15.7. The molecule has 0 N–H and O–H groups in total. The molecule has 5 nitrogen and oxygen atoms in total. The van der Waals surface area contributed by atoms with Gasteiger partial charge in [-0.25, -0.2) is 4.39 Å². The number of hydrogen-bond donors (Lipinski definition) is 0. The summed E-state index contributed by atoms with van der Waals surface area (Å²) >= 11 is 0. The molecule has 1 unspecified atom stereocenters. The molecule has 0 saturated carbocycles. The quantitative estimate of drug-likeness (QED) is 0.427. The first-order valence-corrected chi connectivity index (χ1v) is 9.92. The topological polar surface area (TPSA) is 69.7 Å². The van der Waals surface area contributed by atoms with Crippen LogP contribution >= 0.6 is 7.37 Å². The Balaban J connectivity index is 3.13. The molecule has 0 aliphatic carbocycles. The lowest BCUT2D eigenvalue weighted by molar-refractivity contribution is -0.140. The van der Waals surface area contributed by atoms with E-state index < -0.39 is 52.4 Å². The van der Waals surface area contributed by atoms with Crippen molar-refractivity contribution in [1.29, 1.82) is 0 Å². The fourth-order valence-electron chi connectivity index (χ4n) is 1.65. The number of alkyl halides is 3. The van der Waals surface area contributed by atoms with Crippen molar-refractivity contribution >= 4 is 17.5 Å². The highest BCUT2D eigenvalue weighted by molar-refractivity contribution is 7.87. The van der Waals surface area contributed by atoms with E-state index in [1.54, 1.807) is 13.8 Å². The maximum absolute atomic E-state index is 13.0. The molecule has 0 aromatic heterocycles. The van der Waals surface area contributed by atoms with Gasteiger partial charge in [-0.2, -0.15) is 21.6 Å². The van der Waals surface area contributed by atoms with Gasteiger partial charge in [0.2, 0.25) is 7.37 Å². The Labute approximate surface area is 131 Å². The molecule has 0 spiro atoms. The summed E-state index contributed by atoms with van der Waals surface area (Å²) in [5.74, 6) is -1.25. The van der Waals surface area contributed by atoms with Gasteiger partial charge < -0.3 is 4.52 Å². The van der Waals surface area contributed by atoms with Crippen molar-refractivity contribution in [3.05, 3.63) is 29.6 Å². The second-order valence-electron chi connectivity index (χ2n) is 5.01. The molecule has 0 saturated heterocycles. The van der Waals surface area contributed by atoms with E-state index in [4.69, 9.17) is 4.52 Å². The molecule has 0 amide bonds. The Bertz CT molecular complexity index is 715. The standard InChI is InChI=1S/C12H15F4O5PS/c1-8(2)21-22(3,17)7-20-23(18,19)11-5-4-9(13)6-10(11)12(14,15)16/h4-6,8H,7H2,1-3H3. The van der Waals surface area contributed by atoms with Crippen LogP contribution in [0.25, 0.3) is 0 Å². The number of benzene rings is 1. The van der Waals surface area contributed by atoms with Gasteiger partial charge in [-0.05, 0) is 32.0 Å². The predicted molar refractivity (Wildman–Crippen MR) is 74.3 cm³/mol. The highest BCUT2D eigenvalue weighted by Crippen LogP contribution is 2.45. The molecule has 0 heterocycles. The van der Waals surface area contributed by atoms with Crippen LogP contribution in [0.3, 0.4) is 0 Å². The highest BCUT2D eigenvalue weighted by Gasteiger charge is 2.38. The Morgan fingerprint density at radius 2 is 1.83 bits per heavy atom. The monoisotopic (exact) mass is 378 g/mol. The minimum absolute atomic E-state index is 0.0480. The molecule has 1 atom stereocenters. The SMILES string of the molecule is CC(C)OP(C)(=O)COS(=O)(=O)c1ccc(F)cc1C(F)(F)F. The average molecular weight is 378 g/mol. The molecule has 1 rings (SSSR count). The van der Waals surface area contributed by atoms with E-state index in [2.05, 4.69) is 4.18 Å². The summed E-state index contributed by atoms with van der Waals surface area (Å²) < 4.78 is 96.7. The lowest BCUT2D eigenvalue weighted by Crippen LogP contribution is -2.16. The molecular formula is C12H15F4O5PS. The van der Waals surface area contributed by atoms with Gasteiger partial charge in [-0.15, -0.1) is 0 Å². The summed E-state index contributed by atoms with van der Waals surface area (Å²) in [4.78, 5) is -1.25. The first-order chi connectivity index (χ1) is 10.2. The van der Waals surface area contributed by atoms with Crippen molar-refractivity contribution < 1.29 is 39.3 Å². The van der Waals surface area contributed by atoms with Crippen LogP contribution in [0.5, 0.6) is 0 Å². The van der Waals surface area contributed by atoms with Crippen molar-refractivity contribution in [2.45, 2.75) is 31.0 Å². The van der Waals surface area contributed by atoms with Gasteiger partial charge in [0.15, 0.2) is 0 Å². The van der Waals surface area contributed by atoms with Crippen molar-refractivity contribution in [3.63, 3.8) is 0 Å². The van der Waals surface area contributed by atoms with Gasteiger partial charge in [0, 0.05) is 6.66 Å². The summed E-state index contributed by atoms with van der Waals surface area (Å²) in [5, 5.41) is 0. The second kappa shape index (κ2) is 6.88. The average Bonchev–Trinajstić information content (AvgIpc) is 2.34. The molecule has 0 bridgehead atoms. The van der Waals surface area contributed by atoms with Crippen molar-refractivity contribution in [2.75, 3.05) is 13.0 Å². The lowest BCUT2D eigenvalue weighted by Gasteiger charge is -2.17. The fourth-order valence-corrected chi connectivity index (χ4v) is 4.73. The molecule has 0 aliphatic rings.